The van der Waals surface area contributed by atoms with Crippen LogP contribution in [0.4, 0.5) is 0 Å². The first-order valence-electron chi connectivity index (χ1n) is 5.64. The van der Waals surface area contributed by atoms with Crippen molar-refractivity contribution in [3.8, 4) is 5.75 Å². The van der Waals surface area contributed by atoms with Crippen molar-refractivity contribution in [1.29, 1.82) is 0 Å². The van der Waals surface area contributed by atoms with Crippen LogP contribution >= 0.6 is 0 Å². The summed E-state index contributed by atoms with van der Waals surface area (Å²) < 4.78 is 1.79. The topological polar surface area (TPSA) is 14.2 Å². The Hall–Kier alpha value is -2.22. The molecule has 84 valence electrons. The molecule has 0 unspecified atom stereocenters. The van der Waals surface area contributed by atoms with Gasteiger partial charge in [0, 0.05) is 11.6 Å². The SMILES string of the molecule is Cc1ccc(On2ccc3ccccc32)cc1. The third-order valence-corrected chi connectivity index (χ3v) is 2.79. The van der Waals surface area contributed by atoms with Gasteiger partial charge in [-0.05, 0) is 31.2 Å². The minimum absolute atomic E-state index is 0.844. The molecule has 1 aromatic heterocycles. The Morgan fingerprint density at radius 2 is 1.65 bits per heavy atom. The zero-order valence-electron chi connectivity index (χ0n) is 9.63. The highest BCUT2D eigenvalue weighted by Crippen LogP contribution is 2.18. The fourth-order valence-corrected chi connectivity index (χ4v) is 1.85. The lowest BCUT2D eigenvalue weighted by Gasteiger charge is -2.07. The molecule has 0 aliphatic carbocycles. The standard InChI is InChI=1S/C15H13NO/c1-12-6-8-14(9-7-12)17-16-11-10-13-4-2-3-5-15(13)16/h2-11H,1H3. The molecule has 0 N–H and O–H groups in total. The van der Waals surface area contributed by atoms with Crippen molar-refractivity contribution < 1.29 is 4.84 Å². The van der Waals surface area contributed by atoms with E-state index >= 15 is 0 Å². The van der Waals surface area contributed by atoms with Gasteiger partial charge in [-0.3, -0.25) is 0 Å². The molecule has 0 saturated carbocycles. The van der Waals surface area contributed by atoms with Crippen molar-refractivity contribution >= 4 is 10.9 Å². The monoisotopic (exact) mass is 223 g/mol. The molecule has 0 bridgehead atoms. The van der Waals surface area contributed by atoms with Crippen molar-refractivity contribution in [2.75, 3.05) is 0 Å². The van der Waals surface area contributed by atoms with Crippen LogP contribution in [0.25, 0.3) is 10.9 Å². The summed E-state index contributed by atoms with van der Waals surface area (Å²) in [5.74, 6) is 0.844. The third-order valence-electron chi connectivity index (χ3n) is 2.79. The number of rotatable bonds is 2. The Morgan fingerprint density at radius 1 is 0.882 bits per heavy atom. The minimum Gasteiger partial charge on any atom is -0.375 e. The summed E-state index contributed by atoms with van der Waals surface area (Å²) in [6.45, 7) is 2.06. The van der Waals surface area contributed by atoms with Gasteiger partial charge in [0.1, 0.15) is 0 Å². The summed E-state index contributed by atoms with van der Waals surface area (Å²) in [4.78, 5) is 5.80. The van der Waals surface area contributed by atoms with Gasteiger partial charge in [-0.1, -0.05) is 35.9 Å². The maximum Gasteiger partial charge on any atom is 0.155 e. The van der Waals surface area contributed by atoms with Gasteiger partial charge < -0.3 is 4.84 Å². The third kappa shape index (κ3) is 1.89. The van der Waals surface area contributed by atoms with E-state index < -0.39 is 0 Å². The van der Waals surface area contributed by atoms with E-state index in [-0.39, 0.29) is 0 Å². The molecule has 3 rings (SSSR count). The summed E-state index contributed by atoms with van der Waals surface area (Å²) in [5.41, 5.74) is 2.31. The Kier molecular flexibility index (Phi) is 2.33. The molecule has 1 heterocycles. The van der Waals surface area contributed by atoms with Crippen LogP contribution in [0.1, 0.15) is 5.56 Å². The molecule has 2 heteroatoms. The molecule has 0 aliphatic heterocycles. The van der Waals surface area contributed by atoms with E-state index in [1.807, 2.05) is 54.7 Å². The Morgan fingerprint density at radius 3 is 2.47 bits per heavy atom. The number of para-hydroxylation sites is 1. The second-order valence-corrected chi connectivity index (χ2v) is 4.10. The van der Waals surface area contributed by atoms with Crippen LogP contribution in [0.3, 0.4) is 0 Å². The molecular weight excluding hydrogens is 210 g/mol. The second-order valence-electron chi connectivity index (χ2n) is 4.10. The number of aryl methyl sites for hydroxylation is 1. The number of benzene rings is 2. The average molecular weight is 223 g/mol. The van der Waals surface area contributed by atoms with Gasteiger partial charge in [0.15, 0.2) is 5.75 Å². The highest BCUT2D eigenvalue weighted by molar-refractivity contribution is 5.79. The molecular formula is C15H13NO. The fourth-order valence-electron chi connectivity index (χ4n) is 1.85. The number of fused-ring (bicyclic) bond motifs is 1. The maximum atomic E-state index is 5.80. The molecule has 0 amide bonds. The van der Waals surface area contributed by atoms with Crippen LogP contribution in [0.2, 0.25) is 0 Å². The molecule has 17 heavy (non-hydrogen) atoms. The van der Waals surface area contributed by atoms with Gasteiger partial charge in [-0.2, -0.15) is 4.73 Å². The van der Waals surface area contributed by atoms with Crippen molar-refractivity contribution in [2.24, 2.45) is 0 Å². The summed E-state index contributed by atoms with van der Waals surface area (Å²) in [6, 6.07) is 18.2. The first-order valence-corrected chi connectivity index (χ1v) is 5.64. The van der Waals surface area contributed by atoms with Crippen molar-refractivity contribution in [3.05, 3.63) is 66.4 Å². The van der Waals surface area contributed by atoms with E-state index in [2.05, 4.69) is 13.0 Å². The van der Waals surface area contributed by atoms with Crippen molar-refractivity contribution in [1.82, 2.24) is 4.73 Å². The summed E-state index contributed by atoms with van der Waals surface area (Å²) in [7, 11) is 0. The van der Waals surface area contributed by atoms with Crippen molar-refractivity contribution in [3.63, 3.8) is 0 Å². The number of aromatic nitrogens is 1. The molecule has 0 aliphatic rings. The highest BCUT2D eigenvalue weighted by atomic mass is 16.7. The predicted molar refractivity (Wildman–Crippen MR) is 69.1 cm³/mol. The predicted octanol–water partition coefficient (Wildman–Crippen LogP) is 3.79. The lowest BCUT2D eigenvalue weighted by Crippen LogP contribution is -2.02. The normalized spacial score (nSPS) is 10.6. The van der Waals surface area contributed by atoms with Gasteiger partial charge >= 0.3 is 0 Å². The maximum absolute atomic E-state index is 5.80. The summed E-state index contributed by atoms with van der Waals surface area (Å²) in [6.07, 6.45) is 1.94. The van der Waals surface area contributed by atoms with E-state index in [9.17, 15) is 0 Å². The zero-order chi connectivity index (χ0) is 11.7. The highest BCUT2D eigenvalue weighted by Gasteiger charge is 2.01. The first-order chi connectivity index (χ1) is 8.33. The lowest BCUT2D eigenvalue weighted by atomic mass is 10.2. The molecule has 0 atom stereocenters. The van der Waals surface area contributed by atoms with Crippen LogP contribution in [0, 0.1) is 6.92 Å². The van der Waals surface area contributed by atoms with Crippen LogP contribution in [-0.4, -0.2) is 4.73 Å². The minimum atomic E-state index is 0.844. The second kappa shape index (κ2) is 3.98. The molecule has 0 radical (unpaired) electrons. The van der Waals surface area contributed by atoms with Crippen molar-refractivity contribution in [2.45, 2.75) is 6.92 Å². The fraction of sp³-hybridized carbons (Fsp3) is 0.0667. The van der Waals surface area contributed by atoms with Gasteiger partial charge in [0.2, 0.25) is 0 Å². The van der Waals surface area contributed by atoms with E-state index in [0.717, 1.165) is 11.3 Å². The van der Waals surface area contributed by atoms with E-state index in [1.54, 1.807) is 4.73 Å². The van der Waals surface area contributed by atoms with Crippen LogP contribution in [-0.2, 0) is 0 Å². The molecule has 0 fully saturated rings. The first kappa shape index (κ1) is 9.97. The summed E-state index contributed by atoms with van der Waals surface area (Å²) >= 11 is 0. The quantitative estimate of drug-likeness (QED) is 0.644. The molecule has 2 aromatic carbocycles. The largest absolute Gasteiger partial charge is 0.375 e. The Bertz CT molecular complexity index is 637. The average Bonchev–Trinajstić information content (AvgIpc) is 2.76. The van der Waals surface area contributed by atoms with E-state index in [4.69, 9.17) is 4.84 Å². The van der Waals surface area contributed by atoms with Crippen LogP contribution in [0.15, 0.2) is 60.8 Å². The zero-order valence-corrected chi connectivity index (χ0v) is 9.63. The van der Waals surface area contributed by atoms with E-state index in [1.165, 1.54) is 10.9 Å². The summed E-state index contributed by atoms with van der Waals surface area (Å²) in [5, 5.41) is 1.18. The Labute approximate surface area is 100 Å². The molecule has 0 saturated heterocycles. The Balaban J connectivity index is 1.97. The van der Waals surface area contributed by atoms with Crippen LogP contribution in [0.5, 0.6) is 5.75 Å². The smallest absolute Gasteiger partial charge is 0.155 e. The van der Waals surface area contributed by atoms with Gasteiger partial charge in [-0.15, -0.1) is 0 Å². The number of nitrogens with zero attached hydrogens (tertiary/aromatic N) is 1. The number of hydrogen-bond acceptors (Lipinski definition) is 1. The van der Waals surface area contributed by atoms with Gasteiger partial charge in [0.25, 0.3) is 0 Å². The molecule has 0 spiro atoms. The van der Waals surface area contributed by atoms with Crippen LogP contribution < -0.4 is 4.84 Å². The lowest BCUT2D eigenvalue weighted by molar-refractivity contribution is 0.229. The number of hydrogen-bond donors (Lipinski definition) is 0. The van der Waals surface area contributed by atoms with E-state index in [0.29, 0.717) is 0 Å². The molecule has 3 aromatic rings. The molecule has 2 nitrogen and oxygen atoms in total. The van der Waals surface area contributed by atoms with Gasteiger partial charge in [0.05, 0.1) is 5.52 Å². The van der Waals surface area contributed by atoms with Gasteiger partial charge in [-0.25, -0.2) is 0 Å².